The van der Waals surface area contributed by atoms with Crippen LogP contribution in [0, 0.1) is 10.1 Å². The van der Waals surface area contributed by atoms with E-state index in [1.807, 2.05) is 30.3 Å². The second-order valence-electron chi connectivity index (χ2n) is 4.33. The Kier molecular flexibility index (Phi) is 4.58. The van der Waals surface area contributed by atoms with Crippen LogP contribution in [0.1, 0.15) is 16.5 Å². The van der Waals surface area contributed by atoms with Crippen LogP contribution in [-0.2, 0) is 6.42 Å². The van der Waals surface area contributed by atoms with Gasteiger partial charge in [0.15, 0.2) is 0 Å². The van der Waals surface area contributed by atoms with Crippen molar-refractivity contribution in [3.05, 3.63) is 69.8 Å². The molecule has 4 nitrogen and oxygen atoms in total. The molecule has 0 aliphatic heterocycles. The predicted molar refractivity (Wildman–Crippen MR) is 78.4 cm³/mol. The fraction of sp³-hybridized carbons (Fsp3) is 0.200. The number of alkyl halides is 1. The molecule has 0 N–H and O–H groups in total. The number of nitrogens with zero attached hydrogens (tertiary/aromatic N) is 1. The van der Waals surface area contributed by atoms with Gasteiger partial charge in [0.25, 0.3) is 5.69 Å². The highest BCUT2D eigenvalue weighted by molar-refractivity contribution is 6.20. The number of hydrogen-bond donors (Lipinski definition) is 0. The van der Waals surface area contributed by atoms with Gasteiger partial charge in [-0.1, -0.05) is 30.3 Å². The second-order valence-corrected chi connectivity index (χ2v) is 4.86. The van der Waals surface area contributed by atoms with E-state index in [0.717, 1.165) is 5.56 Å². The molecule has 0 fully saturated rings. The highest BCUT2D eigenvalue weighted by atomic mass is 35.5. The third-order valence-electron chi connectivity index (χ3n) is 3.05. The predicted octanol–water partition coefficient (Wildman–Crippen LogP) is 4.13. The minimum atomic E-state index is -0.410. The summed E-state index contributed by atoms with van der Waals surface area (Å²) in [5, 5.41) is 10.8. The van der Waals surface area contributed by atoms with E-state index in [1.54, 1.807) is 12.1 Å². The zero-order valence-electron chi connectivity index (χ0n) is 11.0. The van der Waals surface area contributed by atoms with Gasteiger partial charge < -0.3 is 4.74 Å². The molecule has 0 aliphatic carbocycles. The van der Waals surface area contributed by atoms with E-state index in [1.165, 1.54) is 13.2 Å². The molecule has 2 aromatic carbocycles. The number of rotatable bonds is 5. The maximum atomic E-state index is 11.1. The van der Waals surface area contributed by atoms with Gasteiger partial charge in [0.05, 0.1) is 23.5 Å². The van der Waals surface area contributed by atoms with Gasteiger partial charge in [-0.05, 0) is 24.1 Å². The van der Waals surface area contributed by atoms with Gasteiger partial charge in [-0.3, -0.25) is 10.1 Å². The molecule has 5 heteroatoms. The SMILES string of the molecule is COc1ccc(CC(Cl)c2ccccc2)c([N+](=O)[O-])c1. The number of halogens is 1. The zero-order chi connectivity index (χ0) is 14.5. The van der Waals surface area contributed by atoms with Crippen molar-refractivity contribution in [1.29, 1.82) is 0 Å². The van der Waals surface area contributed by atoms with Crippen molar-refractivity contribution in [2.45, 2.75) is 11.8 Å². The summed E-state index contributed by atoms with van der Waals surface area (Å²) in [6, 6.07) is 14.3. The van der Waals surface area contributed by atoms with Crippen LogP contribution in [0.3, 0.4) is 0 Å². The first-order chi connectivity index (χ1) is 9.61. The van der Waals surface area contributed by atoms with Crippen LogP contribution in [0.15, 0.2) is 48.5 Å². The van der Waals surface area contributed by atoms with Gasteiger partial charge >= 0.3 is 0 Å². The van der Waals surface area contributed by atoms with E-state index < -0.39 is 4.92 Å². The van der Waals surface area contributed by atoms with Crippen molar-refractivity contribution >= 4 is 17.3 Å². The molecule has 2 rings (SSSR count). The maximum Gasteiger partial charge on any atom is 0.276 e. The summed E-state index contributed by atoms with van der Waals surface area (Å²) in [6.07, 6.45) is 0.395. The summed E-state index contributed by atoms with van der Waals surface area (Å²) >= 11 is 6.34. The van der Waals surface area contributed by atoms with E-state index in [2.05, 4.69) is 0 Å². The number of benzene rings is 2. The summed E-state index contributed by atoms with van der Waals surface area (Å²) < 4.78 is 5.01. The summed E-state index contributed by atoms with van der Waals surface area (Å²) in [4.78, 5) is 10.7. The van der Waals surface area contributed by atoms with Crippen LogP contribution < -0.4 is 4.74 Å². The molecule has 0 bridgehead atoms. The molecule has 0 radical (unpaired) electrons. The molecule has 0 aliphatic rings. The van der Waals surface area contributed by atoms with Crippen molar-refractivity contribution in [3.8, 4) is 5.75 Å². The van der Waals surface area contributed by atoms with E-state index >= 15 is 0 Å². The molecule has 2 aromatic rings. The standard InChI is InChI=1S/C15H14ClNO3/c1-20-13-8-7-12(15(10-13)17(18)19)9-14(16)11-5-3-2-4-6-11/h2-8,10,14H,9H2,1H3. The molecular formula is C15H14ClNO3. The van der Waals surface area contributed by atoms with E-state index in [4.69, 9.17) is 16.3 Å². The van der Waals surface area contributed by atoms with Crippen LogP contribution in [0.5, 0.6) is 5.75 Å². The first-order valence-corrected chi connectivity index (χ1v) is 6.55. The fourth-order valence-corrected chi connectivity index (χ4v) is 2.30. The van der Waals surface area contributed by atoms with Gasteiger partial charge in [-0.25, -0.2) is 0 Å². The van der Waals surface area contributed by atoms with Crippen molar-refractivity contribution < 1.29 is 9.66 Å². The van der Waals surface area contributed by atoms with E-state index in [0.29, 0.717) is 17.7 Å². The Hall–Kier alpha value is -2.07. The van der Waals surface area contributed by atoms with Crippen molar-refractivity contribution in [2.75, 3.05) is 7.11 Å². The molecule has 1 atom stereocenters. The van der Waals surface area contributed by atoms with Gasteiger partial charge in [0, 0.05) is 5.56 Å². The summed E-state index contributed by atoms with van der Waals surface area (Å²) in [7, 11) is 1.48. The van der Waals surface area contributed by atoms with Gasteiger partial charge in [-0.2, -0.15) is 0 Å². The normalized spacial score (nSPS) is 11.9. The third kappa shape index (κ3) is 3.27. The first kappa shape index (κ1) is 14.3. The maximum absolute atomic E-state index is 11.1. The molecule has 0 aromatic heterocycles. The van der Waals surface area contributed by atoms with Crippen LogP contribution in [0.25, 0.3) is 0 Å². The lowest BCUT2D eigenvalue weighted by Gasteiger charge is -2.11. The quantitative estimate of drug-likeness (QED) is 0.473. The lowest BCUT2D eigenvalue weighted by molar-refractivity contribution is -0.385. The molecule has 0 heterocycles. The monoisotopic (exact) mass is 291 g/mol. The molecular weight excluding hydrogens is 278 g/mol. The van der Waals surface area contributed by atoms with Crippen LogP contribution in [0.2, 0.25) is 0 Å². The Labute approximate surface area is 122 Å². The van der Waals surface area contributed by atoms with Gasteiger partial charge in [-0.15, -0.1) is 11.6 Å². The van der Waals surface area contributed by atoms with Gasteiger partial charge in [0.2, 0.25) is 0 Å². The average Bonchev–Trinajstić information content (AvgIpc) is 2.48. The Morgan fingerprint density at radius 1 is 1.25 bits per heavy atom. The molecule has 0 amide bonds. The largest absolute Gasteiger partial charge is 0.497 e. The Bertz CT molecular complexity index is 601. The smallest absolute Gasteiger partial charge is 0.276 e. The number of nitro benzene ring substituents is 1. The van der Waals surface area contributed by atoms with Crippen LogP contribution in [-0.4, -0.2) is 12.0 Å². The summed E-state index contributed by atoms with van der Waals surface area (Å²) in [5.74, 6) is 0.464. The highest BCUT2D eigenvalue weighted by Gasteiger charge is 2.18. The van der Waals surface area contributed by atoms with Crippen molar-refractivity contribution in [3.63, 3.8) is 0 Å². The van der Waals surface area contributed by atoms with Crippen molar-refractivity contribution in [2.24, 2.45) is 0 Å². The highest BCUT2D eigenvalue weighted by Crippen LogP contribution is 2.31. The molecule has 0 saturated heterocycles. The minimum absolute atomic E-state index is 0.0333. The number of nitro groups is 1. The number of ether oxygens (including phenoxy) is 1. The summed E-state index contributed by atoms with van der Waals surface area (Å²) in [5.41, 5.74) is 1.57. The molecule has 20 heavy (non-hydrogen) atoms. The van der Waals surface area contributed by atoms with Gasteiger partial charge in [0.1, 0.15) is 5.75 Å². The minimum Gasteiger partial charge on any atom is -0.497 e. The number of hydrogen-bond acceptors (Lipinski definition) is 3. The van der Waals surface area contributed by atoms with Crippen molar-refractivity contribution in [1.82, 2.24) is 0 Å². The summed E-state index contributed by atoms with van der Waals surface area (Å²) in [6.45, 7) is 0. The molecule has 104 valence electrons. The first-order valence-electron chi connectivity index (χ1n) is 6.12. The second kappa shape index (κ2) is 6.39. The van der Waals surface area contributed by atoms with Crippen LogP contribution in [0.4, 0.5) is 5.69 Å². The Morgan fingerprint density at radius 3 is 2.55 bits per heavy atom. The Balaban J connectivity index is 2.27. The fourth-order valence-electron chi connectivity index (χ4n) is 1.99. The molecule has 0 spiro atoms. The molecule has 0 saturated carbocycles. The van der Waals surface area contributed by atoms with Crippen LogP contribution >= 0.6 is 11.6 Å². The Morgan fingerprint density at radius 2 is 1.95 bits per heavy atom. The lowest BCUT2D eigenvalue weighted by Crippen LogP contribution is -2.01. The topological polar surface area (TPSA) is 52.4 Å². The average molecular weight is 292 g/mol. The third-order valence-corrected chi connectivity index (χ3v) is 3.46. The molecule has 1 unspecified atom stereocenters. The zero-order valence-corrected chi connectivity index (χ0v) is 11.7. The lowest BCUT2D eigenvalue weighted by atomic mass is 10.0. The number of methoxy groups -OCH3 is 1. The van der Waals surface area contributed by atoms with E-state index in [9.17, 15) is 10.1 Å². The van der Waals surface area contributed by atoms with E-state index in [-0.39, 0.29) is 11.1 Å².